The quantitative estimate of drug-likeness (QED) is 0.845. The first-order chi connectivity index (χ1) is 9.41. The Labute approximate surface area is 118 Å². The monoisotopic (exact) mass is 276 g/mol. The number of carbonyl (C=O) groups excluding carboxylic acids is 2. The maximum atomic E-state index is 12.6. The van der Waals surface area contributed by atoms with Gasteiger partial charge in [-0.15, -0.1) is 0 Å². The van der Waals surface area contributed by atoms with Gasteiger partial charge in [0.05, 0.1) is 6.04 Å². The third-order valence-electron chi connectivity index (χ3n) is 3.85. The zero-order valence-electron chi connectivity index (χ0n) is 12.0. The lowest BCUT2D eigenvalue weighted by molar-refractivity contribution is -0.129. The second-order valence-electron chi connectivity index (χ2n) is 5.30. The Balaban J connectivity index is 2.23. The van der Waals surface area contributed by atoms with Crippen molar-refractivity contribution in [1.82, 2.24) is 10.2 Å². The summed E-state index contributed by atoms with van der Waals surface area (Å²) >= 11 is 0. The number of hydrogen-bond acceptors (Lipinski definition) is 3. The minimum Gasteiger partial charge on any atom is -0.372 e. The lowest BCUT2D eigenvalue weighted by atomic mass is 9.99. The van der Waals surface area contributed by atoms with Gasteiger partial charge in [-0.3, -0.25) is 9.59 Å². The zero-order chi connectivity index (χ0) is 14.9. The fraction of sp³-hybridized carbons (Fsp3) is 0.467. The molecular weight excluding hydrogens is 256 g/mol. The predicted molar refractivity (Wildman–Crippen MR) is 75.2 cm³/mol. The molecule has 2 atom stereocenters. The van der Waals surface area contributed by atoms with Gasteiger partial charge in [-0.2, -0.15) is 0 Å². The van der Waals surface area contributed by atoms with Crippen molar-refractivity contribution < 1.29 is 14.7 Å². The Morgan fingerprint density at radius 2 is 1.95 bits per heavy atom. The topological polar surface area (TPSA) is 69.6 Å². The van der Waals surface area contributed by atoms with Crippen molar-refractivity contribution in [2.24, 2.45) is 0 Å². The van der Waals surface area contributed by atoms with Gasteiger partial charge in [-0.1, -0.05) is 18.2 Å². The molecular formula is C15H20N2O3. The SMILES string of the molecule is Cc1cccc(C)c1C(=O)N(C)C1CCC(=O)NC1O. The van der Waals surface area contributed by atoms with Crippen molar-refractivity contribution in [3.63, 3.8) is 0 Å². The van der Waals surface area contributed by atoms with Gasteiger partial charge in [0.25, 0.3) is 5.91 Å². The van der Waals surface area contributed by atoms with E-state index in [0.29, 0.717) is 18.4 Å². The predicted octanol–water partition coefficient (Wildman–Crippen LogP) is 0.972. The molecule has 1 heterocycles. The molecule has 2 amide bonds. The van der Waals surface area contributed by atoms with Crippen molar-refractivity contribution in [3.05, 3.63) is 34.9 Å². The second kappa shape index (κ2) is 5.63. The summed E-state index contributed by atoms with van der Waals surface area (Å²) in [5.41, 5.74) is 2.49. The largest absolute Gasteiger partial charge is 0.372 e. The smallest absolute Gasteiger partial charge is 0.254 e. The summed E-state index contributed by atoms with van der Waals surface area (Å²) in [6.07, 6.45) is -0.207. The summed E-state index contributed by atoms with van der Waals surface area (Å²) in [4.78, 5) is 25.4. The van der Waals surface area contributed by atoms with Crippen molar-refractivity contribution >= 4 is 11.8 Å². The minimum atomic E-state index is -1.01. The zero-order valence-corrected chi connectivity index (χ0v) is 12.0. The molecule has 0 aliphatic carbocycles. The fourth-order valence-electron chi connectivity index (χ4n) is 2.65. The highest BCUT2D eigenvalue weighted by Crippen LogP contribution is 2.20. The van der Waals surface area contributed by atoms with Gasteiger partial charge in [0.2, 0.25) is 5.91 Å². The number of piperidine rings is 1. The number of amides is 2. The minimum absolute atomic E-state index is 0.124. The summed E-state index contributed by atoms with van der Waals surface area (Å²) in [6, 6.07) is 5.32. The number of aryl methyl sites for hydroxylation is 2. The van der Waals surface area contributed by atoms with Crippen LogP contribution in [0.1, 0.15) is 34.3 Å². The molecule has 2 unspecified atom stereocenters. The lowest BCUT2D eigenvalue weighted by Crippen LogP contribution is -2.55. The highest BCUT2D eigenvalue weighted by atomic mass is 16.3. The molecule has 5 nitrogen and oxygen atoms in total. The third kappa shape index (κ3) is 2.67. The van der Waals surface area contributed by atoms with Crippen LogP contribution in [0.4, 0.5) is 0 Å². The number of rotatable bonds is 2. The molecule has 1 aliphatic rings. The average Bonchev–Trinajstić information content (AvgIpc) is 2.37. The highest BCUT2D eigenvalue weighted by molar-refractivity contribution is 5.97. The van der Waals surface area contributed by atoms with Crippen LogP contribution in [0.2, 0.25) is 0 Å². The number of nitrogens with one attached hydrogen (secondary N) is 1. The van der Waals surface area contributed by atoms with Crippen molar-refractivity contribution in [2.75, 3.05) is 7.05 Å². The number of carbonyl (C=O) groups is 2. The third-order valence-corrected chi connectivity index (χ3v) is 3.85. The van der Waals surface area contributed by atoms with E-state index in [2.05, 4.69) is 5.32 Å². The van der Waals surface area contributed by atoms with Crippen LogP contribution in [0.15, 0.2) is 18.2 Å². The Kier molecular flexibility index (Phi) is 4.09. The van der Waals surface area contributed by atoms with Gasteiger partial charge in [0, 0.05) is 19.0 Å². The normalized spacial score (nSPS) is 22.3. The van der Waals surface area contributed by atoms with E-state index in [1.165, 1.54) is 4.90 Å². The van der Waals surface area contributed by atoms with E-state index in [-0.39, 0.29) is 17.9 Å². The molecule has 0 saturated carbocycles. The van der Waals surface area contributed by atoms with Gasteiger partial charge in [-0.25, -0.2) is 0 Å². The number of hydrogen-bond donors (Lipinski definition) is 2. The number of aliphatic hydroxyl groups is 1. The molecule has 0 bridgehead atoms. The molecule has 108 valence electrons. The molecule has 1 aromatic rings. The van der Waals surface area contributed by atoms with E-state index >= 15 is 0 Å². The molecule has 1 aliphatic heterocycles. The summed E-state index contributed by atoms with van der Waals surface area (Å²) in [6.45, 7) is 3.79. The molecule has 2 rings (SSSR count). The van der Waals surface area contributed by atoms with Crippen LogP contribution in [0, 0.1) is 13.8 Å². The van der Waals surface area contributed by atoms with Gasteiger partial charge >= 0.3 is 0 Å². The molecule has 1 aromatic carbocycles. The summed E-state index contributed by atoms with van der Waals surface area (Å²) in [7, 11) is 1.67. The van der Waals surface area contributed by atoms with Crippen LogP contribution in [-0.4, -0.2) is 41.1 Å². The van der Waals surface area contributed by atoms with Gasteiger partial charge < -0.3 is 15.3 Å². The molecule has 0 aromatic heterocycles. The molecule has 5 heteroatoms. The Hall–Kier alpha value is -1.88. The second-order valence-corrected chi connectivity index (χ2v) is 5.30. The standard InChI is InChI=1S/C15H20N2O3/c1-9-5-4-6-10(2)13(9)15(20)17(3)11-7-8-12(18)16-14(11)19/h4-6,11,14,19H,7-8H2,1-3H3,(H,16,18). The van der Waals surface area contributed by atoms with E-state index < -0.39 is 6.23 Å². The molecule has 2 N–H and O–H groups in total. The Morgan fingerprint density at radius 1 is 1.35 bits per heavy atom. The first-order valence-electron chi connectivity index (χ1n) is 6.72. The molecule has 0 spiro atoms. The molecule has 1 fully saturated rings. The maximum absolute atomic E-state index is 12.6. The summed E-state index contributed by atoms with van der Waals surface area (Å²) in [5.74, 6) is -0.303. The fourth-order valence-corrected chi connectivity index (χ4v) is 2.65. The van der Waals surface area contributed by atoms with Crippen LogP contribution < -0.4 is 5.32 Å². The van der Waals surface area contributed by atoms with Crippen LogP contribution >= 0.6 is 0 Å². The van der Waals surface area contributed by atoms with E-state index in [1.54, 1.807) is 7.05 Å². The van der Waals surface area contributed by atoms with E-state index in [0.717, 1.165) is 11.1 Å². The Bertz CT molecular complexity index is 522. The highest BCUT2D eigenvalue weighted by Gasteiger charge is 2.33. The maximum Gasteiger partial charge on any atom is 0.254 e. The van der Waals surface area contributed by atoms with E-state index in [9.17, 15) is 14.7 Å². The number of aliphatic hydroxyl groups excluding tert-OH is 1. The lowest BCUT2D eigenvalue weighted by Gasteiger charge is -2.35. The van der Waals surface area contributed by atoms with Gasteiger partial charge in [0.15, 0.2) is 0 Å². The number of benzene rings is 1. The van der Waals surface area contributed by atoms with Crippen LogP contribution in [0.5, 0.6) is 0 Å². The van der Waals surface area contributed by atoms with Gasteiger partial charge in [0.1, 0.15) is 6.23 Å². The van der Waals surface area contributed by atoms with Gasteiger partial charge in [-0.05, 0) is 31.4 Å². The Morgan fingerprint density at radius 3 is 2.50 bits per heavy atom. The summed E-state index contributed by atoms with van der Waals surface area (Å²) in [5, 5.41) is 12.4. The van der Waals surface area contributed by atoms with Crippen molar-refractivity contribution in [3.8, 4) is 0 Å². The van der Waals surface area contributed by atoms with Crippen LogP contribution in [0.25, 0.3) is 0 Å². The molecule has 20 heavy (non-hydrogen) atoms. The molecule has 1 saturated heterocycles. The van der Waals surface area contributed by atoms with Crippen molar-refractivity contribution in [2.45, 2.75) is 39.0 Å². The average molecular weight is 276 g/mol. The first-order valence-corrected chi connectivity index (χ1v) is 6.72. The van der Waals surface area contributed by atoms with E-state index in [1.807, 2.05) is 32.0 Å². The summed E-state index contributed by atoms with van der Waals surface area (Å²) < 4.78 is 0. The van der Waals surface area contributed by atoms with E-state index in [4.69, 9.17) is 0 Å². The first kappa shape index (κ1) is 14.5. The van der Waals surface area contributed by atoms with Crippen LogP contribution in [-0.2, 0) is 4.79 Å². The number of nitrogens with zero attached hydrogens (tertiary/aromatic N) is 1. The van der Waals surface area contributed by atoms with Crippen molar-refractivity contribution in [1.29, 1.82) is 0 Å². The number of likely N-dealkylation sites (N-methyl/N-ethyl adjacent to an activating group) is 1. The van der Waals surface area contributed by atoms with Crippen LogP contribution in [0.3, 0.4) is 0 Å². The molecule has 0 radical (unpaired) electrons.